The monoisotopic (exact) mass is 895 g/mol. The van der Waals surface area contributed by atoms with E-state index >= 15 is 0 Å². The second kappa shape index (κ2) is 45.8. The fourth-order valence-corrected chi connectivity index (χ4v) is 6.23. The van der Waals surface area contributed by atoms with E-state index in [0.717, 1.165) is 116 Å². The maximum atomic E-state index is 12.8. The van der Waals surface area contributed by atoms with Gasteiger partial charge in [0.15, 0.2) is 6.10 Å². The molecule has 0 heterocycles. The Hall–Kier alpha value is -3.79. The van der Waals surface area contributed by atoms with E-state index in [-0.39, 0.29) is 38.6 Å². The van der Waals surface area contributed by atoms with Crippen molar-refractivity contribution in [2.24, 2.45) is 0 Å². The lowest BCUT2D eigenvalue weighted by Crippen LogP contribution is -2.40. The molecule has 0 rings (SSSR count). The van der Waals surface area contributed by atoms with E-state index in [1.165, 1.54) is 25.7 Å². The summed E-state index contributed by atoms with van der Waals surface area (Å²) in [5.74, 6) is -2.05. The lowest BCUT2D eigenvalue weighted by atomic mass is 10.1. The molecule has 0 aliphatic rings. The normalized spacial score (nSPS) is 13.7. The molecule has 64 heavy (non-hydrogen) atoms. The number of ether oxygens (including phenoxy) is 4. The first-order valence-corrected chi connectivity index (χ1v) is 24.9. The molecule has 0 aromatic rings. The second-order valence-electron chi connectivity index (χ2n) is 17.4. The van der Waals surface area contributed by atoms with Crippen molar-refractivity contribution in [3.05, 3.63) is 97.2 Å². The van der Waals surface area contributed by atoms with Gasteiger partial charge in [-0.05, 0) is 89.9 Å². The van der Waals surface area contributed by atoms with Crippen LogP contribution in [-0.2, 0) is 33.3 Å². The molecular weight excluding hydrogens is 803 g/mol. The number of carbonyl (C=O) groups is 3. The molecule has 0 aromatic heterocycles. The van der Waals surface area contributed by atoms with Gasteiger partial charge in [-0.3, -0.25) is 9.59 Å². The van der Waals surface area contributed by atoms with Crippen LogP contribution < -0.4 is 0 Å². The standard InChI is InChI=1S/C55H91NO8/c1-6-8-10-12-14-16-18-19-20-21-22-23-24-25-26-27-28-29-30-31-32-33-34-35-36-38-40-42-44-46-53(58)64-51(50-63-55(54(59)60)61-48-47-56(3,4)5)49-62-52(57)45-43-41-39-37-17-15-13-11-9-7-2/h8,10-11,13-14,16,19-20,22-23,25-26,28-29,31-32,51,55H,6-7,9,12,15,17-18,21,24,27,30,33-50H2,1-5H3/p+1/b10-8-,13-11-,16-14-,20-19-,23-22-,26-25-,29-28-,32-31-. The Labute approximate surface area is 391 Å². The molecular formula is C55H92NO8+. The molecule has 0 amide bonds. The van der Waals surface area contributed by atoms with Crippen molar-refractivity contribution in [3.63, 3.8) is 0 Å². The molecule has 0 bridgehead atoms. The van der Waals surface area contributed by atoms with E-state index in [1.54, 1.807) is 0 Å². The van der Waals surface area contributed by atoms with Gasteiger partial charge in [-0.25, -0.2) is 4.79 Å². The van der Waals surface area contributed by atoms with E-state index in [2.05, 4.69) is 111 Å². The number of carboxylic acids is 1. The number of carbonyl (C=O) groups excluding carboxylic acids is 2. The number of quaternary nitrogens is 1. The summed E-state index contributed by atoms with van der Waals surface area (Å²) in [5, 5.41) is 9.64. The molecule has 0 saturated carbocycles. The summed E-state index contributed by atoms with van der Waals surface area (Å²) in [4.78, 5) is 37.1. The maximum Gasteiger partial charge on any atom is 0.361 e. The Morgan fingerprint density at radius 2 is 0.891 bits per heavy atom. The molecule has 1 N–H and O–H groups in total. The molecule has 0 aliphatic carbocycles. The summed E-state index contributed by atoms with van der Waals surface area (Å²) >= 11 is 0. The Morgan fingerprint density at radius 1 is 0.484 bits per heavy atom. The number of hydrogen-bond donors (Lipinski definition) is 1. The number of allylic oxidation sites excluding steroid dienone is 16. The van der Waals surface area contributed by atoms with Crippen LogP contribution in [0.15, 0.2) is 97.2 Å². The molecule has 364 valence electrons. The Bertz CT molecular complexity index is 1370. The molecule has 0 aromatic carbocycles. The zero-order valence-corrected chi connectivity index (χ0v) is 41.2. The van der Waals surface area contributed by atoms with Gasteiger partial charge >= 0.3 is 17.9 Å². The second-order valence-corrected chi connectivity index (χ2v) is 17.4. The molecule has 0 saturated heterocycles. The van der Waals surface area contributed by atoms with Gasteiger partial charge in [-0.2, -0.15) is 0 Å². The third kappa shape index (κ3) is 46.2. The number of likely N-dealkylation sites (N-methyl/N-ethyl adjacent to an activating group) is 1. The number of unbranched alkanes of at least 4 members (excludes halogenated alkanes) is 13. The van der Waals surface area contributed by atoms with Crippen LogP contribution in [0.1, 0.15) is 174 Å². The van der Waals surface area contributed by atoms with Crippen molar-refractivity contribution in [3.8, 4) is 0 Å². The van der Waals surface area contributed by atoms with E-state index in [0.29, 0.717) is 17.4 Å². The van der Waals surface area contributed by atoms with Gasteiger partial charge in [0.2, 0.25) is 0 Å². The maximum absolute atomic E-state index is 12.8. The molecule has 9 nitrogen and oxygen atoms in total. The van der Waals surface area contributed by atoms with Crippen molar-refractivity contribution in [1.29, 1.82) is 0 Å². The third-order valence-corrected chi connectivity index (χ3v) is 10.1. The number of hydrogen-bond acceptors (Lipinski definition) is 7. The molecule has 0 radical (unpaired) electrons. The van der Waals surface area contributed by atoms with Gasteiger partial charge in [-0.15, -0.1) is 0 Å². The first-order valence-electron chi connectivity index (χ1n) is 24.9. The van der Waals surface area contributed by atoms with Crippen LogP contribution in [0.2, 0.25) is 0 Å². The quantitative estimate of drug-likeness (QED) is 0.0212. The van der Waals surface area contributed by atoms with Crippen LogP contribution in [0.3, 0.4) is 0 Å². The molecule has 9 heteroatoms. The minimum absolute atomic E-state index is 0.179. The minimum atomic E-state index is -1.52. The Balaban J connectivity index is 4.30. The summed E-state index contributed by atoms with van der Waals surface area (Å²) in [5.41, 5.74) is 0. The highest BCUT2D eigenvalue weighted by Crippen LogP contribution is 2.13. The summed E-state index contributed by atoms with van der Waals surface area (Å²) in [6.07, 6.45) is 57.7. The van der Waals surface area contributed by atoms with Gasteiger partial charge < -0.3 is 28.5 Å². The first kappa shape index (κ1) is 60.2. The van der Waals surface area contributed by atoms with Crippen LogP contribution in [0, 0.1) is 0 Å². The van der Waals surface area contributed by atoms with Crippen molar-refractivity contribution in [2.75, 3.05) is 47.5 Å². The van der Waals surface area contributed by atoms with Crippen LogP contribution in [0.25, 0.3) is 0 Å². The van der Waals surface area contributed by atoms with Crippen molar-refractivity contribution >= 4 is 17.9 Å². The minimum Gasteiger partial charge on any atom is -0.477 e. The van der Waals surface area contributed by atoms with E-state index in [1.807, 2.05) is 21.1 Å². The van der Waals surface area contributed by atoms with Crippen molar-refractivity contribution in [1.82, 2.24) is 0 Å². The SMILES string of the molecule is CC/C=C\C/C=C\C/C=C\C/C=C\C/C=C\C/C=C\C/C=C\CCCCCCCCCC(=O)OC(COC(=O)CCCCCCC/C=C\CCC)COC(OCC[N+](C)(C)C)C(=O)O. The number of carboxylic acid groups (broad SMARTS) is 1. The van der Waals surface area contributed by atoms with Crippen molar-refractivity contribution in [2.45, 2.75) is 187 Å². The summed E-state index contributed by atoms with van der Waals surface area (Å²) in [6.45, 7) is 4.64. The average molecular weight is 895 g/mol. The Kier molecular flexibility index (Phi) is 43.1. The van der Waals surface area contributed by atoms with Crippen LogP contribution in [0.4, 0.5) is 0 Å². The highest BCUT2D eigenvalue weighted by molar-refractivity contribution is 5.71. The summed E-state index contributed by atoms with van der Waals surface area (Å²) < 4.78 is 22.7. The van der Waals surface area contributed by atoms with Crippen molar-refractivity contribution < 1.29 is 42.9 Å². The number of esters is 2. The zero-order chi connectivity index (χ0) is 47.0. The number of rotatable bonds is 44. The molecule has 0 spiro atoms. The van der Waals surface area contributed by atoms with E-state index in [4.69, 9.17) is 18.9 Å². The van der Waals surface area contributed by atoms with Gasteiger partial charge in [0, 0.05) is 12.8 Å². The molecule has 2 atom stereocenters. The highest BCUT2D eigenvalue weighted by atomic mass is 16.7. The van der Waals surface area contributed by atoms with Crippen LogP contribution >= 0.6 is 0 Å². The third-order valence-electron chi connectivity index (χ3n) is 10.1. The van der Waals surface area contributed by atoms with Crippen LogP contribution in [-0.4, -0.2) is 87.4 Å². The van der Waals surface area contributed by atoms with Gasteiger partial charge in [0.05, 0.1) is 34.4 Å². The molecule has 0 aliphatic heterocycles. The zero-order valence-electron chi connectivity index (χ0n) is 41.2. The average Bonchev–Trinajstić information content (AvgIpc) is 3.26. The van der Waals surface area contributed by atoms with E-state index in [9.17, 15) is 19.5 Å². The highest BCUT2D eigenvalue weighted by Gasteiger charge is 2.25. The Morgan fingerprint density at radius 3 is 1.34 bits per heavy atom. The van der Waals surface area contributed by atoms with Gasteiger partial charge in [-0.1, -0.05) is 169 Å². The largest absolute Gasteiger partial charge is 0.477 e. The topological polar surface area (TPSA) is 108 Å². The van der Waals surface area contributed by atoms with E-state index < -0.39 is 24.3 Å². The predicted molar refractivity (Wildman–Crippen MR) is 267 cm³/mol. The van der Waals surface area contributed by atoms with Gasteiger partial charge in [0.1, 0.15) is 13.2 Å². The first-order chi connectivity index (χ1) is 31.1. The fraction of sp³-hybridized carbons (Fsp3) is 0.655. The predicted octanol–water partition coefficient (Wildman–Crippen LogP) is 13.8. The molecule has 2 unspecified atom stereocenters. The molecule has 0 fully saturated rings. The number of nitrogens with zero attached hydrogens (tertiary/aromatic N) is 1. The van der Waals surface area contributed by atoms with Gasteiger partial charge in [0.25, 0.3) is 6.29 Å². The fourth-order valence-electron chi connectivity index (χ4n) is 6.23. The smallest absolute Gasteiger partial charge is 0.361 e. The lowest BCUT2D eigenvalue weighted by Gasteiger charge is -2.25. The lowest BCUT2D eigenvalue weighted by molar-refractivity contribution is -0.870. The summed E-state index contributed by atoms with van der Waals surface area (Å²) in [7, 11) is 5.94. The van der Waals surface area contributed by atoms with Crippen LogP contribution in [0.5, 0.6) is 0 Å². The summed E-state index contributed by atoms with van der Waals surface area (Å²) in [6, 6.07) is 0. The number of aliphatic carboxylic acids is 1.